The van der Waals surface area contributed by atoms with Crippen LogP contribution < -0.4 is 5.32 Å². The summed E-state index contributed by atoms with van der Waals surface area (Å²) in [6, 6.07) is 9.32. The zero-order valence-corrected chi connectivity index (χ0v) is 12.5. The topological polar surface area (TPSA) is 15.3 Å². The number of benzene rings is 1. The summed E-state index contributed by atoms with van der Waals surface area (Å²) in [6.45, 7) is 7.28. The fourth-order valence-corrected chi connectivity index (χ4v) is 3.66. The van der Waals surface area contributed by atoms with E-state index in [0.29, 0.717) is 11.5 Å². The first-order valence-electron chi connectivity index (χ1n) is 6.89. The second-order valence-corrected chi connectivity index (χ2v) is 6.79. The molecule has 98 valence electrons. The number of rotatable bonds is 2. The van der Waals surface area contributed by atoms with E-state index in [1.807, 2.05) is 0 Å². The van der Waals surface area contributed by atoms with E-state index in [1.165, 1.54) is 44.6 Å². The lowest BCUT2D eigenvalue weighted by atomic mass is 9.86. The Balaban J connectivity index is 1.70. The highest BCUT2D eigenvalue weighted by atomic mass is 79.9. The van der Waals surface area contributed by atoms with Crippen molar-refractivity contribution < 1.29 is 0 Å². The molecule has 2 nitrogen and oxygen atoms in total. The molecule has 0 aliphatic carbocycles. The Bertz CT molecular complexity index is 409. The molecule has 2 aliphatic heterocycles. The SMILES string of the molecule is CC(c1ccc(Br)cc1)N1CCC2(CCNC2)C1. The molecule has 2 heterocycles. The highest BCUT2D eigenvalue weighted by molar-refractivity contribution is 9.10. The van der Waals surface area contributed by atoms with Crippen LogP contribution in [0.4, 0.5) is 0 Å². The molecule has 2 atom stereocenters. The van der Waals surface area contributed by atoms with E-state index >= 15 is 0 Å². The van der Waals surface area contributed by atoms with Crippen molar-refractivity contribution in [3.05, 3.63) is 34.3 Å². The number of hydrogen-bond acceptors (Lipinski definition) is 2. The van der Waals surface area contributed by atoms with E-state index in [9.17, 15) is 0 Å². The van der Waals surface area contributed by atoms with E-state index in [-0.39, 0.29) is 0 Å². The van der Waals surface area contributed by atoms with Gasteiger partial charge in [-0.3, -0.25) is 4.90 Å². The van der Waals surface area contributed by atoms with Crippen LogP contribution in [0, 0.1) is 5.41 Å². The molecule has 1 spiro atoms. The minimum Gasteiger partial charge on any atom is -0.316 e. The molecule has 0 saturated carbocycles. The summed E-state index contributed by atoms with van der Waals surface area (Å²) < 4.78 is 1.16. The van der Waals surface area contributed by atoms with Gasteiger partial charge in [0.25, 0.3) is 0 Å². The lowest BCUT2D eigenvalue weighted by Crippen LogP contribution is -2.30. The quantitative estimate of drug-likeness (QED) is 0.902. The van der Waals surface area contributed by atoms with Crippen LogP contribution in [0.5, 0.6) is 0 Å². The molecule has 0 amide bonds. The van der Waals surface area contributed by atoms with Crippen LogP contribution in [0.3, 0.4) is 0 Å². The first-order chi connectivity index (χ1) is 8.69. The highest BCUT2D eigenvalue weighted by Gasteiger charge is 2.41. The molecule has 18 heavy (non-hydrogen) atoms. The number of halogens is 1. The molecule has 0 aromatic heterocycles. The number of hydrogen-bond donors (Lipinski definition) is 1. The Hall–Kier alpha value is -0.380. The number of nitrogens with zero attached hydrogens (tertiary/aromatic N) is 1. The predicted octanol–water partition coefficient (Wildman–Crippen LogP) is 3.20. The van der Waals surface area contributed by atoms with E-state index in [0.717, 1.165) is 4.47 Å². The zero-order chi connectivity index (χ0) is 12.6. The lowest BCUT2D eigenvalue weighted by Gasteiger charge is -2.27. The summed E-state index contributed by atoms with van der Waals surface area (Å²) >= 11 is 3.50. The summed E-state index contributed by atoms with van der Waals surface area (Å²) in [6.07, 6.45) is 2.72. The smallest absolute Gasteiger partial charge is 0.0320 e. The summed E-state index contributed by atoms with van der Waals surface area (Å²) in [5.74, 6) is 0. The van der Waals surface area contributed by atoms with Gasteiger partial charge in [-0.25, -0.2) is 0 Å². The van der Waals surface area contributed by atoms with E-state index < -0.39 is 0 Å². The highest BCUT2D eigenvalue weighted by Crippen LogP contribution is 2.39. The molecule has 0 radical (unpaired) electrons. The Kier molecular flexibility index (Phi) is 3.48. The first-order valence-corrected chi connectivity index (χ1v) is 7.68. The monoisotopic (exact) mass is 308 g/mol. The third kappa shape index (κ3) is 2.36. The van der Waals surface area contributed by atoms with Crippen LogP contribution in [0.15, 0.2) is 28.7 Å². The largest absolute Gasteiger partial charge is 0.316 e. The minimum absolute atomic E-state index is 0.540. The van der Waals surface area contributed by atoms with Crippen LogP contribution >= 0.6 is 15.9 Å². The summed E-state index contributed by atoms with van der Waals surface area (Å²) in [4.78, 5) is 2.65. The van der Waals surface area contributed by atoms with Crippen LogP contribution in [0.25, 0.3) is 0 Å². The van der Waals surface area contributed by atoms with Gasteiger partial charge >= 0.3 is 0 Å². The fraction of sp³-hybridized carbons (Fsp3) is 0.600. The Morgan fingerprint density at radius 2 is 2.06 bits per heavy atom. The molecule has 3 heteroatoms. The maximum Gasteiger partial charge on any atom is 0.0320 e. The summed E-state index contributed by atoms with van der Waals surface area (Å²) in [5, 5.41) is 3.53. The molecule has 2 unspecified atom stereocenters. The van der Waals surface area contributed by atoms with Crippen molar-refractivity contribution in [1.29, 1.82) is 0 Å². The molecule has 1 aromatic carbocycles. The van der Waals surface area contributed by atoms with Crippen LogP contribution in [-0.2, 0) is 0 Å². The molecular formula is C15H21BrN2. The average Bonchev–Trinajstić information content (AvgIpc) is 3.01. The van der Waals surface area contributed by atoms with Crippen LogP contribution in [0.2, 0.25) is 0 Å². The van der Waals surface area contributed by atoms with Gasteiger partial charge in [-0.2, -0.15) is 0 Å². The Morgan fingerprint density at radius 3 is 2.72 bits per heavy atom. The predicted molar refractivity (Wildman–Crippen MR) is 78.7 cm³/mol. The van der Waals surface area contributed by atoms with Gasteiger partial charge in [-0.1, -0.05) is 28.1 Å². The van der Waals surface area contributed by atoms with Gasteiger partial charge in [-0.05, 0) is 56.0 Å². The van der Waals surface area contributed by atoms with Gasteiger partial charge in [-0.15, -0.1) is 0 Å². The first kappa shape index (κ1) is 12.6. The molecule has 1 N–H and O–H groups in total. The molecule has 3 rings (SSSR count). The van der Waals surface area contributed by atoms with E-state index in [1.54, 1.807) is 0 Å². The van der Waals surface area contributed by atoms with Crippen molar-refractivity contribution in [2.24, 2.45) is 5.41 Å². The van der Waals surface area contributed by atoms with Crippen molar-refractivity contribution in [2.45, 2.75) is 25.8 Å². The zero-order valence-electron chi connectivity index (χ0n) is 11.0. The van der Waals surface area contributed by atoms with Gasteiger partial charge in [0.05, 0.1) is 0 Å². The van der Waals surface area contributed by atoms with Gasteiger partial charge in [0, 0.05) is 23.6 Å². The molecule has 2 aliphatic rings. The van der Waals surface area contributed by atoms with Gasteiger partial charge in [0.2, 0.25) is 0 Å². The van der Waals surface area contributed by atoms with Crippen LogP contribution in [0.1, 0.15) is 31.4 Å². The van der Waals surface area contributed by atoms with Gasteiger partial charge in [0.1, 0.15) is 0 Å². The second-order valence-electron chi connectivity index (χ2n) is 5.87. The lowest BCUT2D eigenvalue weighted by molar-refractivity contribution is 0.224. The van der Waals surface area contributed by atoms with Crippen molar-refractivity contribution in [1.82, 2.24) is 10.2 Å². The van der Waals surface area contributed by atoms with Gasteiger partial charge < -0.3 is 5.32 Å². The summed E-state index contributed by atoms with van der Waals surface area (Å²) in [5.41, 5.74) is 2.00. The standard InChI is InChI=1S/C15H21BrN2/c1-12(13-2-4-14(16)5-3-13)18-9-7-15(11-18)6-8-17-10-15/h2-5,12,17H,6-11H2,1H3. The third-order valence-corrected chi connectivity index (χ3v) is 5.23. The fourth-order valence-electron chi connectivity index (χ4n) is 3.40. The molecule has 0 bridgehead atoms. The maximum atomic E-state index is 3.53. The van der Waals surface area contributed by atoms with Crippen molar-refractivity contribution >= 4 is 15.9 Å². The van der Waals surface area contributed by atoms with Crippen LogP contribution in [-0.4, -0.2) is 31.1 Å². The molecule has 1 aromatic rings. The summed E-state index contributed by atoms with van der Waals surface area (Å²) in [7, 11) is 0. The Morgan fingerprint density at radius 1 is 1.28 bits per heavy atom. The van der Waals surface area contributed by atoms with Crippen molar-refractivity contribution in [3.63, 3.8) is 0 Å². The van der Waals surface area contributed by atoms with Gasteiger partial charge in [0.15, 0.2) is 0 Å². The van der Waals surface area contributed by atoms with E-state index in [2.05, 4.69) is 57.3 Å². The average molecular weight is 309 g/mol. The normalized spacial score (nSPS) is 30.1. The van der Waals surface area contributed by atoms with E-state index in [4.69, 9.17) is 0 Å². The number of nitrogens with one attached hydrogen (secondary N) is 1. The molecular weight excluding hydrogens is 288 g/mol. The molecule has 2 saturated heterocycles. The Labute approximate surface area is 118 Å². The number of likely N-dealkylation sites (tertiary alicyclic amines) is 1. The van der Waals surface area contributed by atoms with Crippen molar-refractivity contribution in [2.75, 3.05) is 26.2 Å². The minimum atomic E-state index is 0.540. The van der Waals surface area contributed by atoms with Crippen molar-refractivity contribution in [3.8, 4) is 0 Å². The molecule has 2 fully saturated rings. The second kappa shape index (κ2) is 4.95. The maximum absolute atomic E-state index is 3.53. The third-order valence-electron chi connectivity index (χ3n) is 4.70.